The minimum atomic E-state index is -1.10. The number of anilines is 4. The number of nitrogens with zero attached hydrogens (tertiary/aromatic N) is 6. The molecular formula is C54H52F4N10O7. The van der Waals surface area contributed by atoms with Gasteiger partial charge in [0.15, 0.2) is 23.3 Å². The standard InChI is InChI=1S/C27H27F2N5O4.C27H25F2N5O3/c1-14-26(15(2)38-33-14)16-3-7-21(31-17-4-9-24(35)30-13-17)22(11-16)32-27(37)23-8-10-25(36)34(23)18-5-6-19(28)20(29)12-18;1-14-26(15(2)37-32-14)16-3-7-22-21(11-16)31-27(34(22)18-5-9-24(35)30-13-18)23-8-10-25(36)33(23)17-4-6-19(28)20(29)12-17/h3,5-7,11-12,17,23,31H,4,8-10,13H2,1-2H3,(H,30,35)(H,32,37);3-4,6-7,11-12,18,23H,5,8-10,13H2,1-2H3,(H,30,35)/t17?,23-;18?,23-/m00/s1. The van der Waals surface area contributed by atoms with Crippen molar-refractivity contribution < 1.29 is 50.6 Å². The summed E-state index contributed by atoms with van der Waals surface area (Å²) in [5.41, 5.74) is 7.98. The number of amides is 5. The monoisotopic (exact) mass is 1030 g/mol. The summed E-state index contributed by atoms with van der Waals surface area (Å²) in [6.45, 7) is 8.25. The number of piperidine rings is 2. The van der Waals surface area contributed by atoms with Gasteiger partial charge >= 0.3 is 0 Å². The molecule has 11 rings (SSSR count). The van der Waals surface area contributed by atoms with Gasteiger partial charge in [-0.25, -0.2) is 22.5 Å². The van der Waals surface area contributed by atoms with Crippen molar-refractivity contribution in [3.05, 3.63) is 125 Å². The van der Waals surface area contributed by atoms with E-state index >= 15 is 0 Å². The second-order valence-corrected chi connectivity index (χ2v) is 19.2. The predicted octanol–water partition coefficient (Wildman–Crippen LogP) is 8.97. The average Bonchev–Trinajstić information content (AvgIpc) is 4.25. The van der Waals surface area contributed by atoms with Crippen LogP contribution in [0.1, 0.15) is 92.2 Å². The summed E-state index contributed by atoms with van der Waals surface area (Å²) in [6.07, 6.45) is 3.11. The lowest BCUT2D eigenvalue weighted by Crippen LogP contribution is -2.43. The van der Waals surface area contributed by atoms with Gasteiger partial charge < -0.3 is 39.8 Å². The van der Waals surface area contributed by atoms with Crippen molar-refractivity contribution in [3.63, 3.8) is 0 Å². The van der Waals surface area contributed by atoms with E-state index < -0.39 is 41.3 Å². The number of rotatable bonds is 10. The molecule has 21 heteroatoms. The number of halogens is 4. The van der Waals surface area contributed by atoms with Crippen LogP contribution in [0, 0.1) is 51.0 Å². The molecule has 7 aromatic rings. The molecule has 4 aromatic carbocycles. The van der Waals surface area contributed by atoms with Crippen LogP contribution in [0.4, 0.5) is 40.3 Å². The first kappa shape index (κ1) is 50.2. The first-order valence-electron chi connectivity index (χ1n) is 24.7. The summed E-state index contributed by atoms with van der Waals surface area (Å²) in [5, 5.41) is 20.2. The first-order valence-corrected chi connectivity index (χ1v) is 24.7. The molecule has 4 N–H and O–H groups in total. The number of hydrogen-bond acceptors (Lipinski definition) is 11. The smallest absolute Gasteiger partial charge is 0.247 e. The number of aryl methyl sites for hydroxylation is 4. The zero-order chi connectivity index (χ0) is 52.8. The third-order valence-electron chi connectivity index (χ3n) is 14.3. The Morgan fingerprint density at radius 1 is 0.627 bits per heavy atom. The van der Waals surface area contributed by atoms with Gasteiger partial charge in [-0.15, -0.1) is 0 Å². The first-order chi connectivity index (χ1) is 36.0. The van der Waals surface area contributed by atoms with Crippen LogP contribution >= 0.6 is 0 Å². The number of imidazole rings is 1. The fourth-order valence-electron chi connectivity index (χ4n) is 10.6. The zero-order valence-corrected chi connectivity index (χ0v) is 41.4. The van der Waals surface area contributed by atoms with Crippen LogP contribution < -0.4 is 31.1 Å². The normalized spacial score (nSPS) is 19.8. The van der Waals surface area contributed by atoms with E-state index in [0.29, 0.717) is 85.3 Å². The van der Waals surface area contributed by atoms with E-state index in [-0.39, 0.29) is 60.7 Å². The number of carbonyl (C=O) groups excluding carboxylic acids is 5. The highest BCUT2D eigenvalue weighted by molar-refractivity contribution is 6.08. The van der Waals surface area contributed by atoms with Gasteiger partial charge in [-0.2, -0.15) is 0 Å². The Hall–Kier alpha value is -8.36. The average molecular weight is 1030 g/mol. The van der Waals surface area contributed by atoms with Gasteiger partial charge in [-0.05, 0) is 113 Å². The van der Waals surface area contributed by atoms with Crippen molar-refractivity contribution in [1.29, 1.82) is 0 Å². The van der Waals surface area contributed by atoms with Crippen molar-refractivity contribution in [2.24, 2.45) is 0 Å². The molecule has 4 atom stereocenters. The van der Waals surface area contributed by atoms with Crippen LogP contribution in [0.15, 0.2) is 81.8 Å². The maximum Gasteiger partial charge on any atom is 0.247 e. The van der Waals surface area contributed by atoms with Crippen LogP contribution in [0.5, 0.6) is 0 Å². The second kappa shape index (κ2) is 20.5. The summed E-state index contributed by atoms with van der Waals surface area (Å²) in [5.74, 6) is -3.12. The summed E-state index contributed by atoms with van der Waals surface area (Å²) in [6, 6.07) is 16.6. The minimum Gasteiger partial charge on any atom is -0.379 e. The molecule has 4 aliphatic heterocycles. The molecule has 0 aliphatic carbocycles. The number of benzene rings is 4. The van der Waals surface area contributed by atoms with E-state index in [9.17, 15) is 41.5 Å². The van der Waals surface area contributed by atoms with Gasteiger partial charge in [0.05, 0.1) is 45.9 Å². The van der Waals surface area contributed by atoms with Gasteiger partial charge in [0.25, 0.3) is 0 Å². The zero-order valence-electron chi connectivity index (χ0n) is 41.4. The molecular weight excluding hydrogens is 977 g/mol. The number of hydrogen-bond donors (Lipinski definition) is 4. The highest BCUT2D eigenvalue weighted by Crippen LogP contribution is 2.42. The lowest BCUT2D eigenvalue weighted by molar-refractivity contribution is -0.123. The van der Waals surface area contributed by atoms with Crippen molar-refractivity contribution in [2.75, 3.05) is 33.5 Å². The van der Waals surface area contributed by atoms with Gasteiger partial charge in [0, 0.05) is 79.4 Å². The Kier molecular flexibility index (Phi) is 13.7. The Bertz CT molecular complexity index is 3370. The van der Waals surface area contributed by atoms with Gasteiger partial charge in [0.1, 0.15) is 23.4 Å². The molecule has 7 heterocycles. The predicted molar refractivity (Wildman–Crippen MR) is 268 cm³/mol. The lowest BCUT2D eigenvalue weighted by atomic mass is 10.0. The van der Waals surface area contributed by atoms with E-state index in [1.165, 1.54) is 21.9 Å². The highest BCUT2D eigenvalue weighted by atomic mass is 19.2. The summed E-state index contributed by atoms with van der Waals surface area (Å²) in [4.78, 5) is 70.4. The van der Waals surface area contributed by atoms with E-state index in [2.05, 4.69) is 36.1 Å². The Labute approximate surface area is 427 Å². The van der Waals surface area contributed by atoms with Crippen molar-refractivity contribution in [2.45, 2.75) is 103 Å². The SMILES string of the molecule is Cc1noc(C)c1-c1ccc(NC2CCC(=O)NC2)c(NC(=O)[C@@H]2CCC(=O)N2c2ccc(F)c(F)c2)c1.Cc1noc(C)c1-c1ccc2c(c1)nc([C@@H]1CCC(=O)N1c1ccc(F)c(F)c1)n2C1CCC(=O)NC1. The van der Waals surface area contributed by atoms with E-state index in [1.807, 2.05) is 51.1 Å². The Balaban J connectivity index is 0.000000171. The fraction of sp³-hybridized carbons (Fsp3) is 0.333. The maximum atomic E-state index is 14.1. The van der Waals surface area contributed by atoms with Gasteiger partial charge in [-0.3, -0.25) is 28.9 Å². The van der Waals surface area contributed by atoms with Crippen LogP contribution in [0.3, 0.4) is 0 Å². The van der Waals surface area contributed by atoms with E-state index in [4.69, 9.17) is 14.0 Å². The summed E-state index contributed by atoms with van der Waals surface area (Å²) >= 11 is 0. The summed E-state index contributed by atoms with van der Waals surface area (Å²) < 4.78 is 68.0. The van der Waals surface area contributed by atoms with Crippen LogP contribution in [-0.2, 0) is 24.0 Å². The molecule has 4 saturated heterocycles. The molecule has 2 unspecified atom stereocenters. The van der Waals surface area contributed by atoms with E-state index in [1.54, 1.807) is 13.0 Å². The number of carbonyl (C=O) groups is 5. The molecule has 0 spiro atoms. The quantitative estimate of drug-likeness (QED) is 0.0951. The number of nitrogens with one attached hydrogen (secondary N) is 4. The molecule has 75 heavy (non-hydrogen) atoms. The fourth-order valence-corrected chi connectivity index (χ4v) is 10.6. The van der Waals surface area contributed by atoms with Crippen molar-refractivity contribution in [1.82, 2.24) is 30.5 Å². The Morgan fingerprint density at radius 2 is 1.21 bits per heavy atom. The molecule has 4 fully saturated rings. The third kappa shape index (κ3) is 9.93. The second-order valence-electron chi connectivity index (χ2n) is 19.2. The maximum absolute atomic E-state index is 14.1. The molecule has 5 amide bonds. The molecule has 17 nitrogen and oxygen atoms in total. The topological polar surface area (TPSA) is 210 Å². The summed E-state index contributed by atoms with van der Waals surface area (Å²) in [7, 11) is 0. The van der Waals surface area contributed by atoms with Crippen molar-refractivity contribution in [3.8, 4) is 22.3 Å². The lowest BCUT2D eigenvalue weighted by Gasteiger charge is -2.30. The minimum absolute atomic E-state index is 0.00220. The van der Waals surface area contributed by atoms with Crippen LogP contribution in [-0.4, -0.2) is 74.6 Å². The van der Waals surface area contributed by atoms with E-state index in [0.717, 1.165) is 63.2 Å². The van der Waals surface area contributed by atoms with Crippen molar-refractivity contribution >= 4 is 63.3 Å². The molecule has 388 valence electrons. The molecule has 0 bridgehead atoms. The van der Waals surface area contributed by atoms with Gasteiger partial charge in [0.2, 0.25) is 29.5 Å². The van der Waals surface area contributed by atoms with Crippen LogP contribution in [0.2, 0.25) is 0 Å². The van der Waals surface area contributed by atoms with Crippen LogP contribution in [0.25, 0.3) is 33.3 Å². The molecule has 3 aromatic heterocycles. The largest absolute Gasteiger partial charge is 0.379 e. The molecule has 4 aliphatic rings. The third-order valence-corrected chi connectivity index (χ3v) is 14.3. The molecule has 0 radical (unpaired) electrons. The Morgan fingerprint density at radius 3 is 1.80 bits per heavy atom. The molecule has 0 saturated carbocycles. The number of fused-ring (bicyclic) bond motifs is 1. The highest BCUT2D eigenvalue weighted by Gasteiger charge is 2.40. The van der Waals surface area contributed by atoms with Gasteiger partial charge in [-0.1, -0.05) is 22.4 Å². The number of aromatic nitrogens is 4.